The molecule has 3 aromatic rings. The Morgan fingerprint density at radius 3 is 2.43 bits per heavy atom. The highest BCUT2D eigenvalue weighted by atomic mass is 16.5. The Hall–Kier alpha value is -3.45. The van der Waals surface area contributed by atoms with Gasteiger partial charge >= 0.3 is 0 Å². The number of benzene rings is 2. The first kappa shape index (κ1) is 19.8. The van der Waals surface area contributed by atoms with Crippen LogP contribution in [-0.4, -0.2) is 48.2 Å². The molecular weight excluding hydrogens is 382 g/mol. The maximum atomic E-state index is 13.1. The molecule has 1 N–H and O–H groups in total. The van der Waals surface area contributed by atoms with Gasteiger partial charge in [-0.25, -0.2) is 0 Å². The maximum absolute atomic E-state index is 13.1. The average Bonchev–Trinajstić information content (AvgIpc) is 3.29. The molecule has 30 heavy (non-hydrogen) atoms. The van der Waals surface area contributed by atoms with Crippen LogP contribution in [0.25, 0.3) is 11.3 Å². The summed E-state index contributed by atoms with van der Waals surface area (Å²) in [7, 11) is 0. The summed E-state index contributed by atoms with van der Waals surface area (Å²) in [6, 6.07) is 17.7. The number of nitrogens with one attached hydrogen (secondary N) is 1. The zero-order valence-electron chi connectivity index (χ0n) is 16.7. The van der Waals surface area contributed by atoms with E-state index >= 15 is 0 Å². The van der Waals surface area contributed by atoms with Gasteiger partial charge in [0.2, 0.25) is 5.91 Å². The van der Waals surface area contributed by atoms with Crippen molar-refractivity contribution in [2.75, 3.05) is 26.3 Å². The smallest absolute Gasteiger partial charge is 0.274 e. The van der Waals surface area contributed by atoms with Gasteiger partial charge in [0.15, 0.2) is 11.5 Å². The van der Waals surface area contributed by atoms with Gasteiger partial charge in [0.1, 0.15) is 6.04 Å². The van der Waals surface area contributed by atoms with Crippen molar-refractivity contribution in [2.45, 2.75) is 13.0 Å². The quantitative estimate of drug-likeness (QED) is 0.705. The van der Waals surface area contributed by atoms with Crippen molar-refractivity contribution in [1.29, 1.82) is 0 Å². The van der Waals surface area contributed by atoms with Crippen molar-refractivity contribution >= 4 is 11.8 Å². The van der Waals surface area contributed by atoms with Gasteiger partial charge in [-0.3, -0.25) is 9.59 Å². The maximum Gasteiger partial charge on any atom is 0.274 e. The van der Waals surface area contributed by atoms with Gasteiger partial charge in [0, 0.05) is 24.7 Å². The van der Waals surface area contributed by atoms with E-state index in [1.54, 1.807) is 11.0 Å². The molecule has 1 fully saturated rings. The van der Waals surface area contributed by atoms with E-state index in [9.17, 15) is 9.59 Å². The van der Waals surface area contributed by atoms with Gasteiger partial charge in [0.05, 0.1) is 13.2 Å². The number of carbonyl (C=O) groups is 2. The summed E-state index contributed by atoms with van der Waals surface area (Å²) in [5, 5.41) is 6.73. The first-order chi connectivity index (χ1) is 14.6. The van der Waals surface area contributed by atoms with Crippen LogP contribution in [-0.2, 0) is 9.53 Å². The van der Waals surface area contributed by atoms with Crippen LogP contribution in [0.5, 0.6) is 0 Å². The lowest BCUT2D eigenvalue weighted by atomic mass is 10.0. The summed E-state index contributed by atoms with van der Waals surface area (Å²) in [5.74, 6) is -0.136. The lowest BCUT2D eigenvalue weighted by molar-refractivity contribution is -0.137. The highest BCUT2D eigenvalue weighted by Crippen LogP contribution is 2.22. The zero-order chi connectivity index (χ0) is 20.9. The number of aromatic nitrogens is 1. The summed E-state index contributed by atoms with van der Waals surface area (Å²) < 4.78 is 10.7. The van der Waals surface area contributed by atoms with Crippen LogP contribution in [0.2, 0.25) is 0 Å². The fourth-order valence-electron chi connectivity index (χ4n) is 3.34. The fraction of sp³-hybridized carbons (Fsp3) is 0.261. The minimum atomic E-state index is -0.809. The number of hydrogen-bond acceptors (Lipinski definition) is 5. The molecule has 154 valence electrons. The van der Waals surface area contributed by atoms with E-state index < -0.39 is 11.9 Å². The highest BCUT2D eigenvalue weighted by molar-refractivity contribution is 5.97. The van der Waals surface area contributed by atoms with Crippen LogP contribution in [0, 0.1) is 6.92 Å². The third-order valence-corrected chi connectivity index (χ3v) is 5.06. The van der Waals surface area contributed by atoms with Crippen LogP contribution in [0.15, 0.2) is 65.2 Å². The van der Waals surface area contributed by atoms with E-state index in [1.165, 1.54) is 0 Å². The van der Waals surface area contributed by atoms with Gasteiger partial charge in [-0.1, -0.05) is 65.3 Å². The summed E-state index contributed by atoms with van der Waals surface area (Å²) in [6.07, 6.45) is 0. The SMILES string of the molecule is Cc1ccc(-c2cc(C(=O)NC(C(=O)N3CCOCC3)c3ccccc3)no2)cc1. The normalized spacial score (nSPS) is 14.9. The fourth-order valence-corrected chi connectivity index (χ4v) is 3.34. The van der Waals surface area contributed by atoms with E-state index in [4.69, 9.17) is 9.26 Å². The molecule has 0 radical (unpaired) electrons. The second-order valence-electron chi connectivity index (χ2n) is 7.20. The van der Waals surface area contributed by atoms with Crippen molar-refractivity contribution in [1.82, 2.24) is 15.4 Å². The van der Waals surface area contributed by atoms with E-state index in [1.807, 2.05) is 61.5 Å². The third-order valence-electron chi connectivity index (χ3n) is 5.06. The minimum absolute atomic E-state index is 0.126. The lowest BCUT2D eigenvalue weighted by Gasteiger charge is -2.30. The molecule has 4 rings (SSSR count). The Morgan fingerprint density at radius 1 is 1.03 bits per heavy atom. The molecular formula is C23H23N3O4. The predicted octanol–water partition coefficient (Wildman–Crippen LogP) is 2.98. The molecule has 0 saturated carbocycles. The molecule has 0 aliphatic carbocycles. The van der Waals surface area contributed by atoms with Crippen LogP contribution in [0.3, 0.4) is 0 Å². The molecule has 1 saturated heterocycles. The highest BCUT2D eigenvalue weighted by Gasteiger charge is 2.29. The monoisotopic (exact) mass is 405 g/mol. The molecule has 1 unspecified atom stereocenters. The molecule has 0 spiro atoms. The number of ether oxygens (including phenoxy) is 1. The van der Waals surface area contributed by atoms with Crippen molar-refractivity contribution in [2.24, 2.45) is 0 Å². The molecule has 2 aromatic carbocycles. The molecule has 1 atom stereocenters. The molecule has 7 nitrogen and oxygen atoms in total. The average molecular weight is 405 g/mol. The van der Waals surface area contributed by atoms with Crippen molar-refractivity contribution in [3.8, 4) is 11.3 Å². The second kappa shape index (κ2) is 8.92. The van der Waals surface area contributed by atoms with Gasteiger partial charge in [-0.15, -0.1) is 0 Å². The van der Waals surface area contributed by atoms with Gasteiger partial charge in [-0.2, -0.15) is 0 Å². The number of carbonyl (C=O) groups excluding carboxylic acids is 2. The molecule has 7 heteroatoms. The van der Waals surface area contributed by atoms with Crippen molar-refractivity contribution in [3.63, 3.8) is 0 Å². The summed E-state index contributed by atoms with van der Waals surface area (Å²) >= 11 is 0. The van der Waals surface area contributed by atoms with Crippen LogP contribution >= 0.6 is 0 Å². The topological polar surface area (TPSA) is 84.7 Å². The van der Waals surface area contributed by atoms with Gasteiger partial charge in [-0.05, 0) is 12.5 Å². The number of nitrogens with zero attached hydrogens (tertiary/aromatic N) is 2. The molecule has 0 bridgehead atoms. The van der Waals surface area contributed by atoms with Gasteiger partial charge < -0.3 is 19.5 Å². The Kier molecular flexibility index (Phi) is 5.90. The molecule has 1 aliphatic rings. The predicted molar refractivity (Wildman–Crippen MR) is 111 cm³/mol. The standard InChI is InChI=1S/C23H23N3O4/c1-16-7-9-17(10-8-16)20-15-19(25-30-20)22(27)24-21(18-5-3-2-4-6-18)23(28)26-11-13-29-14-12-26/h2-10,15,21H,11-14H2,1H3,(H,24,27). The van der Waals surface area contributed by atoms with E-state index in [-0.39, 0.29) is 11.6 Å². The summed E-state index contributed by atoms with van der Waals surface area (Å²) in [5.41, 5.74) is 2.80. The van der Waals surface area contributed by atoms with Crippen LogP contribution in [0.4, 0.5) is 0 Å². The molecule has 1 aromatic heterocycles. The number of rotatable bonds is 5. The van der Waals surface area contributed by atoms with E-state index in [0.717, 1.165) is 11.1 Å². The van der Waals surface area contributed by atoms with Crippen LogP contribution in [0.1, 0.15) is 27.7 Å². The first-order valence-corrected chi connectivity index (χ1v) is 9.88. The molecule has 1 aliphatic heterocycles. The van der Waals surface area contributed by atoms with Crippen molar-refractivity contribution in [3.05, 3.63) is 77.5 Å². The largest absolute Gasteiger partial charge is 0.378 e. The Labute approximate surface area is 174 Å². The summed E-state index contributed by atoms with van der Waals surface area (Å²) in [6.45, 7) is 3.98. The Bertz CT molecular complexity index is 1010. The zero-order valence-corrected chi connectivity index (χ0v) is 16.7. The molecule has 2 amide bonds. The van der Waals surface area contributed by atoms with Crippen molar-refractivity contribution < 1.29 is 18.8 Å². The Morgan fingerprint density at radius 2 is 1.73 bits per heavy atom. The second-order valence-corrected chi connectivity index (χ2v) is 7.20. The van der Waals surface area contributed by atoms with Crippen LogP contribution < -0.4 is 5.32 Å². The first-order valence-electron chi connectivity index (χ1n) is 9.88. The minimum Gasteiger partial charge on any atom is -0.378 e. The summed E-state index contributed by atoms with van der Waals surface area (Å²) in [4.78, 5) is 27.7. The number of amides is 2. The van der Waals surface area contributed by atoms with Gasteiger partial charge in [0.25, 0.3) is 5.91 Å². The van der Waals surface area contributed by atoms with E-state index in [0.29, 0.717) is 37.6 Å². The number of hydrogen-bond donors (Lipinski definition) is 1. The lowest BCUT2D eigenvalue weighted by Crippen LogP contribution is -2.47. The Balaban J connectivity index is 1.54. The van der Waals surface area contributed by atoms with E-state index in [2.05, 4.69) is 10.5 Å². The third kappa shape index (κ3) is 4.41. The molecule has 2 heterocycles. The number of aryl methyl sites for hydroxylation is 1. The number of morpholine rings is 1.